The number of ketones is 1. The Morgan fingerprint density at radius 1 is 1.35 bits per heavy atom. The van der Waals surface area contributed by atoms with Crippen molar-refractivity contribution in [3.63, 3.8) is 0 Å². The average Bonchev–Trinajstić information content (AvgIpc) is 2.40. The zero-order valence-electron chi connectivity index (χ0n) is 11.5. The van der Waals surface area contributed by atoms with E-state index < -0.39 is 15.1 Å². The Kier molecular flexibility index (Phi) is 4.54. The summed E-state index contributed by atoms with van der Waals surface area (Å²) < 4.78 is 30.1. The first-order valence-corrected chi connectivity index (χ1v) is 8.97. The number of hydrogen-bond donors (Lipinski definition) is 0. The molecule has 20 heavy (non-hydrogen) atoms. The van der Waals surface area contributed by atoms with Gasteiger partial charge >= 0.3 is 0 Å². The summed E-state index contributed by atoms with van der Waals surface area (Å²) in [5, 5.41) is -0.931. The molecule has 1 aromatic rings. The zero-order valence-corrected chi connectivity index (χ0v) is 13.9. The van der Waals surface area contributed by atoms with E-state index in [4.69, 9.17) is 4.74 Å². The minimum atomic E-state index is -3.34. The third-order valence-electron chi connectivity index (χ3n) is 3.62. The molecule has 1 aliphatic heterocycles. The van der Waals surface area contributed by atoms with Crippen molar-refractivity contribution in [2.45, 2.75) is 31.4 Å². The van der Waals surface area contributed by atoms with Crippen LogP contribution in [0.1, 0.15) is 35.2 Å². The van der Waals surface area contributed by atoms with Gasteiger partial charge in [-0.05, 0) is 37.5 Å². The molecule has 0 aliphatic carbocycles. The van der Waals surface area contributed by atoms with Crippen LogP contribution in [-0.4, -0.2) is 32.3 Å². The number of sulfone groups is 1. The van der Waals surface area contributed by atoms with Gasteiger partial charge < -0.3 is 4.74 Å². The number of hydrogen-bond acceptors (Lipinski definition) is 4. The number of aryl methyl sites for hydroxylation is 1. The highest BCUT2D eigenvalue weighted by atomic mass is 79.9. The lowest BCUT2D eigenvalue weighted by atomic mass is 10.0. The molecular formula is C14H17BrO4S. The van der Waals surface area contributed by atoms with Gasteiger partial charge in [0.25, 0.3) is 0 Å². The topological polar surface area (TPSA) is 60.4 Å². The maximum atomic E-state index is 12.6. The maximum absolute atomic E-state index is 12.6. The molecular weight excluding hydrogens is 344 g/mol. The largest absolute Gasteiger partial charge is 0.496 e. The Bertz CT molecular complexity index is 637. The summed E-state index contributed by atoms with van der Waals surface area (Å²) in [5.41, 5.74) is 1.27. The highest BCUT2D eigenvalue weighted by Gasteiger charge is 2.36. The van der Waals surface area contributed by atoms with Crippen LogP contribution in [0.5, 0.6) is 5.75 Å². The van der Waals surface area contributed by atoms with Crippen LogP contribution in [0.2, 0.25) is 0 Å². The van der Waals surface area contributed by atoms with Crippen LogP contribution >= 0.6 is 15.9 Å². The van der Waals surface area contributed by atoms with Gasteiger partial charge in [-0.3, -0.25) is 4.79 Å². The third-order valence-corrected chi connectivity index (χ3v) is 6.65. The number of rotatable bonds is 3. The number of carbonyl (C=O) groups excluding carboxylic acids is 1. The second-order valence-electron chi connectivity index (χ2n) is 5.02. The van der Waals surface area contributed by atoms with Crippen LogP contribution in [-0.2, 0) is 9.84 Å². The second kappa shape index (κ2) is 5.85. The summed E-state index contributed by atoms with van der Waals surface area (Å²) in [5.74, 6) is 0.164. The van der Waals surface area contributed by atoms with Gasteiger partial charge in [0.1, 0.15) is 11.0 Å². The molecule has 0 amide bonds. The molecule has 1 unspecified atom stereocenters. The van der Waals surface area contributed by atoms with Gasteiger partial charge in [0, 0.05) is 4.47 Å². The Hall–Kier alpha value is -0.880. The van der Waals surface area contributed by atoms with Crippen molar-refractivity contribution in [3.8, 4) is 5.75 Å². The van der Waals surface area contributed by atoms with E-state index in [-0.39, 0.29) is 11.5 Å². The fourth-order valence-corrected chi connectivity index (χ4v) is 4.65. The van der Waals surface area contributed by atoms with Crippen molar-refractivity contribution in [3.05, 3.63) is 27.7 Å². The number of halogens is 1. The van der Waals surface area contributed by atoms with E-state index in [9.17, 15) is 13.2 Å². The number of ether oxygens (including phenoxy) is 1. The van der Waals surface area contributed by atoms with Crippen molar-refractivity contribution < 1.29 is 17.9 Å². The van der Waals surface area contributed by atoms with E-state index in [1.54, 1.807) is 12.1 Å². The molecule has 1 aliphatic rings. The monoisotopic (exact) mass is 360 g/mol. The lowest BCUT2D eigenvalue weighted by molar-refractivity contribution is 0.0978. The maximum Gasteiger partial charge on any atom is 0.184 e. The van der Waals surface area contributed by atoms with Gasteiger partial charge in [0.05, 0.1) is 18.4 Å². The summed E-state index contributed by atoms with van der Waals surface area (Å²) >= 11 is 3.37. The van der Waals surface area contributed by atoms with Crippen LogP contribution in [0.15, 0.2) is 16.6 Å². The lowest BCUT2D eigenvalue weighted by Gasteiger charge is -2.22. The summed E-state index contributed by atoms with van der Waals surface area (Å²) in [7, 11) is -1.86. The summed E-state index contributed by atoms with van der Waals surface area (Å²) in [6.07, 6.45) is 1.81. The average molecular weight is 361 g/mol. The zero-order chi connectivity index (χ0) is 14.9. The van der Waals surface area contributed by atoms with E-state index in [2.05, 4.69) is 15.9 Å². The van der Waals surface area contributed by atoms with Crippen molar-refractivity contribution >= 4 is 31.6 Å². The molecule has 0 saturated carbocycles. The van der Waals surface area contributed by atoms with Crippen molar-refractivity contribution in [1.29, 1.82) is 0 Å². The quantitative estimate of drug-likeness (QED) is 0.777. The van der Waals surface area contributed by atoms with Gasteiger partial charge in [-0.1, -0.05) is 22.4 Å². The first-order chi connectivity index (χ1) is 9.36. The minimum absolute atomic E-state index is 0.0960. The van der Waals surface area contributed by atoms with E-state index in [1.165, 1.54) is 7.11 Å². The van der Waals surface area contributed by atoms with Gasteiger partial charge in [-0.25, -0.2) is 8.42 Å². The summed E-state index contributed by atoms with van der Waals surface area (Å²) in [6, 6.07) is 3.40. The first kappa shape index (κ1) is 15.5. The molecule has 1 aromatic carbocycles. The van der Waals surface area contributed by atoms with Crippen LogP contribution < -0.4 is 4.74 Å². The second-order valence-corrected chi connectivity index (χ2v) is 8.17. The number of carbonyl (C=O) groups is 1. The Balaban J connectivity index is 2.45. The third kappa shape index (κ3) is 2.91. The fourth-order valence-electron chi connectivity index (χ4n) is 2.44. The van der Waals surface area contributed by atoms with Gasteiger partial charge in [-0.2, -0.15) is 0 Å². The smallest absolute Gasteiger partial charge is 0.184 e. The predicted molar refractivity (Wildman–Crippen MR) is 81.2 cm³/mol. The lowest BCUT2D eigenvalue weighted by Crippen LogP contribution is -2.35. The molecule has 0 aromatic heterocycles. The normalized spacial score (nSPS) is 21.4. The number of methoxy groups -OCH3 is 1. The van der Waals surface area contributed by atoms with Crippen molar-refractivity contribution in [2.75, 3.05) is 12.9 Å². The number of benzene rings is 1. The molecule has 0 N–H and O–H groups in total. The van der Waals surface area contributed by atoms with Gasteiger partial charge in [0.2, 0.25) is 0 Å². The number of Topliss-reactive ketones (excluding diaryl/α,β-unsaturated/α-hetero) is 1. The van der Waals surface area contributed by atoms with E-state index in [0.717, 1.165) is 16.5 Å². The van der Waals surface area contributed by atoms with Crippen LogP contribution in [0.3, 0.4) is 0 Å². The Morgan fingerprint density at radius 2 is 2.05 bits per heavy atom. The highest BCUT2D eigenvalue weighted by Crippen LogP contribution is 2.31. The minimum Gasteiger partial charge on any atom is -0.496 e. The molecule has 6 heteroatoms. The first-order valence-electron chi connectivity index (χ1n) is 6.46. The molecule has 2 rings (SSSR count). The molecule has 4 nitrogen and oxygen atoms in total. The molecule has 0 radical (unpaired) electrons. The molecule has 1 fully saturated rings. The molecule has 1 saturated heterocycles. The van der Waals surface area contributed by atoms with E-state index >= 15 is 0 Å². The van der Waals surface area contributed by atoms with Crippen LogP contribution in [0, 0.1) is 6.92 Å². The van der Waals surface area contributed by atoms with E-state index in [1.807, 2.05) is 6.92 Å². The SMILES string of the molecule is COc1cc(C)c(Br)cc1C(=O)C1CCCCS1(=O)=O. The summed E-state index contributed by atoms with van der Waals surface area (Å²) in [6.45, 7) is 1.89. The van der Waals surface area contributed by atoms with Crippen LogP contribution in [0.25, 0.3) is 0 Å². The standard InChI is InChI=1S/C14H17BrO4S/c1-9-7-12(19-2)10(8-11(9)15)14(16)13-5-3-4-6-20(13,17)18/h7-8,13H,3-6H2,1-2H3. The van der Waals surface area contributed by atoms with Gasteiger partial charge in [0.15, 0.2) is 15.6 Å². The fraction of sp³-hybridized carbons (Fsp3) is 0.500. The van der Waals surface area contributed by atoms with Gasteiger partial charge in [-0.15, -0.1) is 0 Å². The molecule has 1 heterocycles. The van der Waals surface area contributed by atoms with E-state index in [0.29, 0.717) is 24.2 Å². The predicted octanol–water partition coefficient (Wildman–Crippen LogP) is 2.92. The molecule has 110 valence electrons. The van der Waals surface area contributed by atoms with Crippen LogP contribution in [0.4, 0.5) is 0 Å². The Morgan fingerprint density at radius 3 is 2.65 bits per heavy atom. The summed E-state index contributed by atoms with van der Waals surface area (Å²) in [4.78, 5) is 12.6. The molecule has 1 atom stereocenters. The Labute approximate surface area is 127 Å². The van der Waals surface area contributed by atoms with Crippen molar-refractivity contribution in [1.82, 2.24) is 0 Å². The molecule has 0 bridgehead atoms. The van der Waals surface area contributed by atoms with Crippen molar-refractivity contribution in [2.24, 2.45) is 0 Å². The highest BCUT2D eigenvalue weighted by molar-refractivity contribution is 9.10. The molecule has 0 spiro atoms.